The lowest BCUT2D eigenvalue weighted by Gasteiger charge is -2.29. The third-order valence-electron chi connectivity index (χ3n) is 4.71. The van der Waals surface area contributed by atoms with E-state index >= 15 is 0 Å². The fourth-order valence-corrected chi connectivity index (χ4v) is 4.84. The van der Waals surface area contributed by atoms with E-state index in [1.807, 2.05) is 0 Å². The van der Waals surface area contributed by atoms with E-state index in [1.54, 1.807) is 30.3 Å². The predicted octanol–water partition coefficient (Wildman–Crippen LogP) is 4.78. The summed E-state index contributed by atoms with van der Waals surface area (Å²) < 4.78 is 66.6. The van der Waals surface area contributed by atoms with Crippen molar-refractivity contribution in [3.63, 3.8) is 0 Å². The van der Waals surface area contributed by atoms with E-state index in [9.17, 15) is 26.4 Å². The average Bonchev–Trinajstić information content (AvgIpc) is 2.74. The van der Waals surface area contributed by atoms with Crippen LogP contribution in [0.15, 0.2) is 83.8 Å². The van der Waals surface area contributed by atoms with Gasteiger partial charge in [-0.2, -0.15) is 17.5 Å². The number of primary amides is 1. The quantitative estimate of drug-likeness (QED) is 0.526. The highest BCUT2D eigenvalue weighted by Crippen LogP contribution is 2.32. The maximum atomic E-state index is 13.5. The van der Waals surface area contributed by atoms with Gasteiger partial charge in [0.1, 0.15) is 6.04 Å². The molecule has 0 spiro atoms. The van der Waals surface area contributed by atoms with Gasteiger partial charge in [0.15, 0.2) is 0 Å². The van der Waals surface area contributed by atoms with Gasteiger partial charge < -0.3 is 5.73 Å². The van der Waals surface area contributed by atoms with Crippen LogP contribution in [0.1, 0.15) is 22.7 Å². The van der Waals surface area contributed by atoms with Gasteiger partial charge in [-0.1, -0.05) is 54.1 Å². The van der Waals surface area contributed by atoms with Crippen LogP contribution in [0.4, 0.5) is 13.2 Å². The predicted molar refractivity (Wildman–Crippen MR) is 114 cm³/mol. The fourth-order valence-electron chi connectivity index (χ4n) is 3.14. The zero-order chi connectivity index (χ0) is 23.5. The number of carbonyl (C=O) groups is 1. The van der Waals surface area contributed by atoms with E-state index in [4.69, 9.17) is 17.3 Å². The van der Waals surface area contributed by atoms with Crippen LogP contribution in [0, 0.1) is 0 Å². The molecule has 0 aliphatic heterocycles. The number of nitrogens with two attached hydrogens (primary N) is 1. The Kier molecular flexibility index (Phi) is 6.92. The van der Waals surface area contributed by atoms with Gasteiger partial charge in [-0.15, -0.1) is 0 Å². The van der Waals surface area contributed by atoms with Gasteiger partial charge in [0, 0.05) is 11.6 Å². The van der Waals surface area contributed by atoms with E-state index in [-0.39, 0.29) is 17.0 Å². The molecule has 3 aromatic rings. The third-order valence-corrected chi connectivity index (χ3v) is 6.79. The summed E-state index contributed by atoms with van der Waals surface area (Å²) in [6, 6.07) is 16.0. The van der Waals surface area contributed by atoms with Gasteiger partial charge in [-0.05, 0) is 47.5 Å². The first kappa shape index (κ1) is 23.8. The van der Waals surface area contributed by atoms with Crippen LogP contribution in [0.2, 0.25) is 5.02 Å². The summed E-state index contributed by atoms with van der Waals surface area (Å²) in [5.41, 5.74) is 5.29. The molecule has 3 aromatic carbocycles. The zero-order valence-electron chi connectivity index (χ0n) is 16.5. The minimum atomic E-state index is -4.53. The van der Waals surface area contributed by atoms with Gasteiger partial charge in [-0.25, -0.2) is 8.42 Å². The van der Waals surface area contributed by atoms with E-state index in [0.717, 1.165) is 28.6 Å². The Morgan fingerprint density at radius 2 is 1.50 bits per heavy atom. The number of amides is 1. The fraction of sp³-hybridized carbons (Fsp3) is 0.136. The maximum absolute atomic E-state index is 13.5. The highest BCUT2D eigenvalue weighted by Gasteiger charge is 2.36. The molecule has 0 saturated carbocycles. The van der Waals surface area contributed by atoms with Crippen LogP contribution in [-0.2, 0) is 27.5 Å². The average molecular weight is 483 g/mol. The number of halogens is 4. The van der Waals surface area contributed by atoms with Crippen molar-refractivity contribution in [1.29, 1.82) is 0 Å². The minimum absolute atomic E-state index is 0.143. The Bertz CT molecular complexity index is 1180. The molecule has 1 atom stereocenters. The highest BCUT2D eigenvalue weighted by atomic mass is 35.5. The molecule has 1 amide bonds. The van der Waals surface area contributed by atoms with Crippen LogP contribution >= 0.6 is 11.6 Å². The Labute approximate surface area is 188 Å². The second kappa shape index (κ2) is 9.32. The van der Waals surface area contributed by atoms with Crippen molar-refractivity contribution < 1.29 is 26.4 Å². The van der Waals surface area contributed by atoms with E-state index in [0.29, 0.717) is 10.6 Å². The summed E-state index contributed by atoms with van der Waals surface area (Å²) in [5, 5.41) is 0.313. The lowest BCUT2D eigenvalue weighted by molar-refractivity contribution is -0.137. The molecule has 3 rings (SSSR count). The molecule has 0 fully saturated rings. The van der Waals surface area contributed by atoms with Crippen molar-refractivity contribution >= 4 is 27.5 Å². The maximum Gasteiger partial charge on any atom is 0.416 e. The highest BCUT2D eigenvalue weighted by molar-refractivity contribution is 7.89. The molecule has 0 aliphatic carbocycles. The Morgan fingerprint density at radius 1 is 0.938 bits per heavy atom. The van der Waals surface area contributed by atoms with E-state index in [1.165, 1.54) is 24.3 Å². The SMILES string of the molecule is NC(=O)C(c1ccccc1)N(Cc1ccc(C(F)(F)F)cc1)S(=O)(=O)c1ccc(Cl)cc1. The summed E-state index contributed by atoms with van der Waals surface area (Å²) in [4.78, 5) is 12.3. The normalized spacial score (nSPS) is 13.2. The van der Waals surface area contributed by atoms with Gasteiger partial charge >= 0.3 is 6.18 Å². The third kappa shape index (κ3) is 5.29. The molecule has 2 N–H and O–H groups in total. The number of hydrogen-bond acceptors (Lipinski definition) is 3. The summed E-state index contributed by atoms with van der Waals surface area (Å²) in [6.45, 7) is -0.383. The number of hydrogen-bond donors (Lipinski definition) is 1. The number of carbonyl (C=O) groups excluding carboxylic acids is 1. The molecular weight excluding hydrogens is 465 g/mol. The van der Waals surface area contributed by atoms with Crippen molar-refractivity contribution in [3.05, 3.63) is 101 Å². The van der Waals surface area contributed by atoms with Gasteiger partial charge in [0.2, 0.25) is 15.9 Å². The summed E-state index contributed by atoms with van der Waals surface area (Å²) in [7, 11) is -4.30. The molecule has 168 valence electrons. The second-order valence-corrected chi connectivity index (χ2v) is 9.24. The molecule has 1 unspecified atom stereocenters. The number of benzene rings is 3. The summed E-state index contributed by atoms with van der Waals surface area (Å²) in [5.74, 6) is -0.930. The number of sulfonamides is 1. The van der Waals surface area contributed by atoms with Crippen LogP contribution in [-0.4, -0.2) is 18.6 Å². The summed E-state index contributed by atoms with van der Waals surface area (Å²) in [6.07, 6.45) is -4.53. The first-order chi connectivity index (χ1) is 15.0. The molecule has 0 aliphatic rings. The van der Waals surface area contributed by atoms with E-state index in [2.05, 4.69) is 0 Å². The van der Waals surface area contributed by atoms with Crippen molar-refractivity contribution in [2.24, 2.45) is 5.73 Å². The molecule has 0 radical (unpaired) electrons. The van der Waals surface area contributed by atoms with Crippen molar-refractivity contribution in [3.8, 4) is 0 Å². The molecular formula is C22H18ClF3N2O3S. The standard InChI is InChI=1S/C22H18ClF3N2O3S/c23-18-10-12-19(13-11-18)32(30,31)28(20(21(27)29)16-4-2-1-3-5-16)14-15-6-8-17(9-7-15)22(24,25)26/h1-13,20H,14H2,(H2,27,29). The molecule has 5 nitrogen and oxygen atoms in total. The Hall–Kier alpha value is -2.88. The van der Waals surface area contributed by atoms with Gasteiger partial charge in [0.25, 0.3) is 0 Å². The smallest absolute Gasteiger partial charge is 0.368 e. The largest absolute Gasteiger partial charge is 0.416 e. The molecule has 0 heterocycles. The van der Waals surface area contributed by atoms with Crippen molar-refractivity contribution in [1.82, 2.24) is 4.31 Å². The lowest BCUT2D eigenvalue weighted by atomic mass is 10.1. The molecule has 32 heavy (non-hydrogen) atoms. The molecule has 0 saturated heterocycles. The Morgan fingerprint density at radius 3 is 2.00 bits per heavy atom. The molecule has 10 heteroatoms. The Balaban J connectivity index is 2.10. The zero-order valence-corrected chi connectivity index (χ0v) is 18.0. The monoisotopic (exact) mass is 482 g/mol. The van der Waals surface area contributed by atoms with Crippen molar-refractivity contribution in [2.75, 3.05) is 0 Å². The molecule has 0 bridgehead atoms. The van der Waals surface area contributed by atoms with Crippen LogP contribution in [0.25, 0.3) is 0 Å². The van der Waals surface area contributed by atoms with Gasteiger partial charge in [-0.3, -0.25) is 4.79 Å². The van der Waals surface area contributed by atoms with Gasteiger partial charge in [0.05, 0.1) is 10.5 Å². The van der Waals surface area contributed by atoms with Crippen LogP contribution in [0.5, 0.6) is 0 Å². The second-order valence-electron chi connectivity index (χ2n) is 6.91. The lowest BCUT2D eigenvalue weighted by Crippen LogP contribution is -2.41. The summed E-state index contributed by atoms with van der Waals surface area (Å²) >= 11 is 5.86. The topological polar surface area (TPSA) is 80.5 Å². The van der Waals surface area contributed by atoms with Crippen LogP contribution < -0.4 is 5.73 Å². The molecule has 0 aromatic heterocycles. The van der Waals surface area contributed by atoms with E-state index < -0.39 is 33.7 Å². The first-order valence-corrected chi connectivity index (χ1v) is 11.1. The number of nitrogens with zero attached hydrogens (tertiary/aromatic N) is 1. The first-order valence-electron chi connectivity index (χ1n) is 9.28. The minimum Gasteiger partial charge on any atom is -0.368 e. The number of rotatable bonds is 7. The number of alkyl halides is 3. The van der Waals surface area contributed by atoms with Crippen LogP contribution in [0.3, 0.4) is 0 Å². The van der Waals surface area contributed by atoms with Crippen molar-refractivity contribution in [2.45, 2.75) is 23.7 Å².